The Hall–Kier alpha value is -2.97. The molecule has 124 valence electrons. The molecule has 2 aromatic heterocycles. The van der Waals surface area contributed by atoms with E-state index in [1.165, 1.54) is 28.9 Å². The summed E-state index contributed by atoms with van der Waals surface area (Å²) in [6.45, 7) is 2.11. The molecular formula is C15H11F3N4O2. The molecule has 0 N–H and O–H groups in total. The zero-order valence-electron chi connectivity index (χ0n) is 12.4. The summed E-state index contributed by atoms with van der Waals surface area (Å²) in [5.41, 5.74) is -0.645. The number of halogens is 3. The highest BCUT2D eigenvalue weighted by Gasteiger charge is 2.30. The van der Waals surface area contributed by atoms with Gasteiger partial charge in [0.15, 0.2) is 0 Å². The van der Waals surface area contributed by atoms with Gasteiger partial charge in [-0.25, -0.2) is 4.68 Å². The Kier molecular flexibility index (Phi) is 3.92. The van der Waals surface area contributed by atoms with Gasteiger partial charge < -0.3 is 4.52 Å². The van der Waals surface area contributed by atoms with Gasteiger partial charge in [0, 0.05) is 18.2 Å². The average molecular weight is 336 g/mol. The number of benzene rings is 1. The lowest BCUT2D eigenvalue weighted by Crippen LogP contribution is -2.21. The van der Waals surface area contributed by atoms with Crippen LogP contribution in [0.4, 0.5) is 13.2 Å². The summed E-state index contributed by atoms with van der Waals surface area (Å²) in [6.07, 6.45) is -4.46. The van der Waals surface area contributed by atoms with Crippen LogP contribution < -0.4 is 5.56 Å². The van der Waals surface area contributed by atoms with Crippen molar-refractivity contribution in [2.24, 2.45) is 0 Å². The molecule has 0 radical (unpaired) electrons. The Balaban J connectivity index is 1.98. The monoisotopic (exact) mass is 336 g/mol. The summed E-state index contributed by atoms with van der Waals surface area (Å²) >= 11 is 0. The molecule has 0 saturated carbocycles. The fourth-order valence-electron chi connectivity index (χ4n) is 2.07. The predicted octanol–water partition coefficient (Wildman–Crippen LogP) is 3.00. The minimum Gasteiger partial charge on any atom is -0.332 e. The second-order valence-electron chi connectivity index (χ2n) is 4.87. The summed E-state index contributed by atoms with van der Waals surface area (Å²) in [6, 6.07) is 7.34. The molecule has 0 bridgehead atoms. The van der Waals surface area contributed by atoms with Crippen LogP contribution in [-0.2, 0) is 12.7 Å². The largest absolute Gasteiger partial charge is 0.416 e. The topological polar surface area (TPSA) is 73.8 Å². The van der Waals surface area contributed by atoms with Crippen LogP contribution >= 0.6 is 0 Å². The Labute approximate surface area is 133 Å². The fourth-order valence-corrected chi connectivity index (χ4v) is 2.07. The van der Waals surface area contributed by atoms with Crippen molar-refractivity contribution in [3.8, 4) is 23.0 Å². The first kappa shape index (κ1) is 15.9. The van der Waals surface area contributed by atoms with Crippen LogP contribution in [0.15, 0.2) is 45.7 Å². The van der Waals surface area contributed by atoms with E-state index >= 15 is 0 Å². The van der Waals surface area contributed by atoms with Gasteiger partial charge in [0.1, 0.15) is 5.69 Å². The third kappa shape index (κ3) is 3.05. The molecule has 3 rings (SSSR count). The SMILES string of the molecule is CCn1nc(-c2nc(-c3cccc(C(F)(F)F)c3)no2)ccc1=O. The van der Waals surface area contributed by atoms with Crippen molar-refractivity contribution in [3.63, 3.8) is 0 Å². The molecule has 0 aliphatic rings. The van der Waals surface area contributed by atoms with Crippen LogP contribution in [0.3, 0.4) is 0 Å². The molecule has 0 atom stereocenters. The summed E-state index contributed by atoms with van der Waals surface area (Å²) in [7, 11) is 0. The Bertz CT molecular complexity index is 931. The van der Waals surface area contributed by atoms with Crippen LogP contribution in [0.25, 0.3) is 23.0 Å². The second-order valence-corrected chi connectivity index (χ2v) is 4.87. The maximum absolute atomic E-state index is 12.8. The van der Waals surface area contributed by atoms with E-state index in [1.807, 2.05) is 0 Å². The van der Waals surface area contributed by atoms with Gasteiger partial charge in [-0.05, 0) is 25.1 Å². The van der Waals surface area contributed by atoms with Gasteiger partial charge in [0.25, 0.3) is 11.4 Å². The molecule has 24 heavy (non-hydrogen) atoms. The maximum atomic E-state index is 12.8. The number of aromatic nitrogens is 4. The summed E-state index contributed by atoms with van der Waals surface area (Å²) in [5.74, 6) is 0.0248. The van der Waals surface area contributed by atoms with E-state index in [2.05, 4.69) is 15.2 Å². The van der Waals surface area contributed by atoms with Crippen molar-refractivity contribution < 1.29 is 17.7 Å². The number of nitrogens with zero attached hydrogens (tertiary/aromatic N) is 4. The normalized spacial score (nSPS) is 11.7. The van der Waals surface area contributed by atoms with Gasteiger partial charge in [0.05, 0.1) is 5.56 Å². The molecule has 3 aromatic rings. The van der Waals surface area contributed by atoms with E-state index in [9.17, 15) is 18.0 Å². The van der Waals surface area contributed by atoms with Gasteiger partial charge in [-0.2, -0.15) is 23.3 Å². The van der Waals surface area contributed by atoms with Gasteiger partial charge >= 0.3 is 6.18 Å². The van der Waals surface area contributed by atoms with Crippen molar-refractivity contribution in [2.45, 2.75) is 19.6 Å². The van der Waals surface area contributed by atoms with Gasteiger partial charge in [-0.1, -0.05) is 17.3 Å². The lowest BCUT2D eigenvalue weighted by molar-refractivity contribution is -0.137. The average Bonchev–Trinajstić information content (AvgIpc) is 3.05. The van der Waals surface area contributed by atoms with Crippen LogP contribution in [0.2, 0.25) is 0 Å². The van der Waals surface area contributed by atoms with Gasteiger partial charge in [-0.3, -0.25) is 4.79 Å². The zero-order valence-corrected chi connectivity index (χ0v) is 12.4. The van der Waals surface area contributed by atoms with Crippen molar-refractivity contribution in [2.75, 3.05) is 0 Å². The highest BCUT2D eigenvalue weighted by Crippen LogP contribution is 2.31. The number of aryl methyl sites for hydroxylation is 1. The van der Waals surface area contributed by atoms with E-state index in [0.29, 0.717) is 6.54 Å². The molecule has 0 spiro atoms. The van der Waals surface area contributed by atoms with Gasteiger partial charge in [-0.15, -0.1) is 0 Å². The molecule has 0 amide bonds. The summed E-state index contributed by atoms with van der Waals surface area (Å²) < 4.78 is 44.6. The summed E-state index contributed by atoms with van der Waals surface area (Å²) in [5, 5.41) is 7.74. The molecule has 0 fully saturated rings. The van der Waals surface area contributed by atoms with E-state index in [1.54, 1.807) is 6.92 Å². The minimum absolute atomic E-state index is 0.00662. The van der Waals surface area contributed by atoms with Crippen LogP contribution in [0, 0.1) is 0 Å². The Morgan fingerprint density at radius 3 is 2.71 bits per heavy atom. The van der Waals surface area contributed by atoms with Crippen LogP contribution in [0.1, 0.15) is 12.5 Å². The summed E-state index contributed by atoms with van der Waals surface area (Å²) in [4.78, 5) is 15.6. The Morgan fingerprint density at radius 1 is 1.21 bits per heavy atom. The smallest absolute Gasteiger partial charge is 0.332 e. The Morgan fingerprint density at radius 2 is 2.00 bits per heavy atom. The van der Waals surface area contributed by atoms with Crippen LogP contribution in [-0.4, -0.2) is 19.9 Å². The molecule has 0 saturated heterocycles. The molecule has 9 heteroatoms. The molecule has 2 heterocycles. The first-order chi connectivity index (χ1) is 11.4. The highest BCUT2D eigenvalue weighted by atomic mass is 19.4. The van der Waals surface area contributed by atoms with Crippen molar-refractivity contribution >= 4 is 0 Å². The number of alkyl halides is 3. The van der Waals surface area contributed by atoms with Gasteiger partial charge in [0.2, 0.25) is 5.82 Å². The first-order valence-electron chi connectivity index (χ1n) is 6.98. The van der Waals surface area contributed by atoms with E-state index in [-0.39, 0.29) is 28.5 Å². The predicted molar refractivity (Wildman–Crippen MR) is 77.9 cm³/mol. The zero-order chi connectivity index (χ0) is 17.3. The standard InChI is InChI=1S/C15H11F3N4O2/c1-2-22-12(23)7-6-11(20-22)14-19-13(21-24-14)9-4-3-5-10(8-9)15(16,17)18/h3-8H,2H2,1H3. The van der Waals surface area contributed by atoms with Crippen molar-refractivity contribution in [1.29, 1.82) is 0 Å². The third-order valence-electron chi connectivity index (χ3n) is 3.26. The minimum atomic E-state index is -4.46. The molecule has 1 aromatic carbocycles. The second kappa shape index (κ2) is 5.91. The maximum Gasteiger partial charge on any atom is 0.416 e. The number of hydrogen-bond donors (Lipinski definition) is 0. The molecular weight excluding hydrogens is 325 g/mol. The van der Waals surface area contributed by atoms with Crippen molar-refractivity contribution in [1.82, 2.24) is 19.9 Å². The van der Waals surface area contributed by atoms with E-state index < -0.39 is 11.7 Å². The first-order valence-corrected chi connectivity index (χ1v) is 6.98. The lowest BCUT2D eigenvalue weighted by Gasteiger charge is -2.06. The number of hydrogen-bond acceptors (Lipinski definition) is 5. The van der Waals surface area contributed by atoms with E-state index in [0.717, 1.165) is 12.1 Å². The fraction of sp³-hybridized carbons (Fsp3) is 0.200. The van der Waals surface area contributed by atoms with E-state index in [4.69, 9.17) is 4.52 Å². The molecule has 0 unspecified atom stereocenters. The van der Waals surface area contributed by atoms with Crippen molar-refractivity contribution in [3.05, 3.63) is 52.3 Å². The molecule has 6 nitrogen and oxygen atoms in total. The molecule has 0 aliphatic heterocycles. The lowest BCUT2D eigenvalue weighted by atomic mass is 10.1. The highest BCUT2D eigenvalue weighted by molar-refractivity contribution is 5.58. The third-order valence-corrected chi connectivity index (χ3v) is 3.26. The molecule has 0 aliphatic carbocycles. The quantitative estimate of drug-likeness (QED) is 0.735. The number of rotatable bonds is 3. The van der Waals surface area contributed by atoms with Crippen LogP contribution in [0.5, 0.6) is 0 Å².